The summed E-state index contributed by atoms with van der Waals surface area (Å²) in [5.41, 5.74) is 6.83. The first-order chi connectivity index (χ1) is 44.4. The molecule has 2 aliphatic heterocycles. The first-order valence-electron chi connectivity index (χ1n) is 31.7. The number of esters is 1. The van der Waals surface area contributed by atoms with Crippen molar-refractivity contribution in [1.29, 1.82) is 0 Å². The van der Waals surface area contributed by atoms with E-state index >= 15 is 4.79 Å². The quantitative estimate of drug-likeness (QED) is 0.0306. The highest BCUT2D eigenvalue weighted by Gasteiger charge is 2.45. The molecular weight excluding hydrogens is 1200 g/mol. The van der Waals surface area contributed by atoms with Crippen LogP contribution in [-0.2, 0) is 59.6 Å². The number of nitrogens with one attached hydrogen (secondary N) is 2. The summed E-state index contributed by atoms with van der Waals surface area (Å²) in [6.07, 6.45) is 7.86. The number of amides is 4. The zero-order valence-corrected chi connectivity index (χ0v) is 55.1. The maximum Gasteiger partial charge on any atom is 0.329 e. The van der Waals surface area contributed by atoms with E-state index in [0.717, 1.165) is 77.8 Å². The van der Waals surface area contributed by atoms with Crippen LogP contribution in [0.3, 0.4) is 0 Å². The van der Waals surface area contributed by atoms with Gasteiger partial charge in [-0.05, 0) is 127 Å². The molecule has 9 rings (SSSR count). The number of carbonyl (C=O) groups excluding carboxylic acids is 5. The number of β-amino-alcohol motifs (C(OH)–C–C–N with tert-alkyl or cyclic N) is 1. The van der Waals surface area contributed by atoms with E-state index in [1.807, 2.05) is 107 Å². The summed E-state index contributed by atoms with van der Waals surface area (Å²) in [5.74, 6) is 0.539. The number of ether oxygens (including phenoxy) is 8. The number of thiazole rings is 1. The average molecular weight is 1290 g/mol. The topological polar surface area (TPSA) is 254 Å². The van der Waals surface area contributed by atoms with Crippen molar-refractivity contribution in [2.75, 3.05) is 61.9 Å². The van der Waals surface area contributed by atoms with Gasteiger partial charge in [-0.15, -0.1) is 16.4 Å². The molecule has 23 heteroatoms. The summed E-state index contributed by atoms with van der Waals surface area (Å²) in [4.78, 5) is 79.9. The van der Waals surface area contributed by atoms with Gasteiger partial charge in [-0.3, -0.25) is 19.2 Å². The smallest absolute Gasteiger partial charge is 0.329 e. The lowest BCUT2D eigenvalue weighted by Crippen LogP contribution is -2.58. The van der Waals surface area contributed by atoms with Gasteiger partial charge in [0.1, 0.15) is 48.9 Å². The van der Waals surface area contributed by atoms with Crippen LogP contribution >= 0.6 is 11.3 Å². The molecule has 6 aromatic rings. The molecule has 4 heterocycles. The molecule has 494 valence electrons. The lowest BCUT2D eigenvalue weighted by atomic mass is 9.75. The molecular formula is C69H88N8O14S. The number of hydrogen-bond donors (Lipinski definition) is 3. The van der Waals surface area contributed by atoms with Gasteiger partial charge in [-0.25, -0.2) is 14.5 Å². The number of hydrogen-bond acceptors (Lipinski definition) is 18. The second kappa shape index (κ2) is 31.8. The molecule has 2 unspecified atom stereocenters. The second-order valence-electron chi connectivity index (χ2n) is 24.9. The normalized spacial score (nSPS) is 17.9. The molecule has 3 N–H and O–H groups in total. The minimum atomic E-state index is -1.03. The largest absolute Gasteiger partial charge is 0.493 e. The van der Waals surface area contributed by atoms with E-state index in [-0.39, 0.29) is 57.7 Å². The zero-order chi connectivity index (χ0) is 65.5. The van der Waals surface area contributed by atoms with Crippen LogP contribution in [0.5, 0.6) is 34.5 Å². The van der Waals surface area contributed by atoms with Crippen molar-refractivity contribution in [3.63, 3.8) is 0 Å². The summed E-state index contributed by atoms with van der Waals surface area (Å²) in [6, 6.07) is 21.9. The maximum atomic E-state index is 15.3. The Hall–Kier alpha value is -8.28. The highest BCUT2D eigenvalue weighted by atomic mass is 32.1. The Bertz CT molecular complexity index is 3450. The molecule has 0 spiro atoms. The number of aliphatic hydroxyl groups excluding tert-OH is 1. The van der Waals surface area contributed by atoms with Crippen LogP contribution in [0.4, 0.5) is 0 Å². The zero-order valence-electron chi connectivity index (χ0n) is 54.3. The predicted octanol–water partition coefficient (Wildman–Crippen LogP) is 9.12. The fourth-order valence-corrected chi connectivity index (χ4v) is 13.4. The van der Waals surface area contributed by atoms with Crippen molar-refractivity contribution in [2.24, 2.45) is 11.3 Å². The lowest BCUT2D eigenvalue weighted by molar-refractivity contribution is -0.163. The number of nitrogens with zero attached hydrogens (tertiary/aromatic N) is 6. The molecule has 4 aromatic carbocycles. The van der Waals surface area contributed by atoms with Gasteiger partial charge in [0.15, 0.2) is 23.0 Å². The van der Waals surface area contributed by atoms with E-state index in [1.54, 1.807) is 68.2 Å². The fraction of sp³-hybridized carbons (Fsp3) is 0.507. The minimum absolute atomic E-state index is 0.0469. The Kier molecular flexibility index (Phi) is 23.6. The summed E-state index contributed by atoms with van der Waals surface area (Å²) in [7, 11) is 7.85. The van der Waals surface area contributed by atoms with Crippen molar-refractivity contribution in [2.45, 2.75) is 154 Å². The van der Waals surface area contributed by atoms with Gasteiger partial charge in [-0.2, -0.15) is 0 Å². The van der Waals surface area contributed by atoms with Crippen LogP contribution < -0.4 is 39.1 Å². The number of carbonyl (C=O) groups is 5. The lowest BCUT2D eigenvalue weighted by Gasteiger charge is -2.40. The number of benzene rings is 4. The van der Waals surface area contributed by atoms with Gasteiger partial charge >= 0.3 is 5.97 Å². The van der Waals surface area contributed by atoms with Crippen molar-refractivity contribution >= 4 is 40.9 Å². The third kappa shape index (κ3) is 17.0. The number of likely N-dealkylation sites (tertiary alicyclic amines) is 2. The van der Waals surface area contributed by atoms with Gasteiger partial charge in [0.25, 0.3) is 0 Å². The van der Waals surface area contributed by atoms with Crippen LogP contribution in [-0.4, -0.2) is 151 Å². The molecule has 1 saturated carbocycles. The highest BCUT2D eigenvalue weighted by molar-refractivity contribution is 7.13. The van der Waals surface area contributed by atoms with Crippen molar-refractivity contribution in [1.82, 2.24) is 40.4 Å². The van der Waals surface area contributed by atoms with Gasteiger partial charge in [-0.1, -0.05) is 87.7 Å². The summed E-state index contributed by atoms with van der Waals surface area (Å²) >= 11 is 1.56. The Morgan fingerprint density at radius 1 is 0.761 bits per heavy atom. The fourth-order valence-electron chi connectivity index (χ4n) is 12.6. The molecule has 3 fully saturated rings. The number of rotatable bonds is 28. The summed E-state index contributed by atoms with van der Waals surface area (Å²) in [6.45, 7) is 8.05. The maximum absolute atomic E-state index is 15.3. The molecule has 0 bridgehead atoms. The minimum Gasteiger partial charge on any atom is -0.493 e. The van der Waals surface area contributed by atoms with Gasteiger partial charge < -0.3 is 63.4 Å². The summed E-state index contributed by atoms with van der Waals surface area (Å²) < 4.78 is 48.5. The van der Waals surface area contributed by atoms with E-state index in [4.69, 9.17) is 37.9 Å². The van der Waals surface area contributed by atoms with Crippen LogP contribution in [0, 0.1) is 18.3 Å². The Morgan fingerprint density at radius 2 is 1.48 bits per heavy atom. The monoisotopic (exact) mass is 1280 g/mol. The van der Waals surface area contributed by atoms with E-state index < -0.39 is 65.4 Å². The van der Waals surface area contributed by atoms with Crippen molar-refractivity contribution < 1.29 is 67.0 Å². The number of aromatic nitrogens is 4. The van der Waals surface area contributed by atoms with Crippen LogP contribution in [0.25, 0.3) is 10.4 Å². The van der Waals surface area contributed by atoms with Crippen LogP contribution in [0.1, 0.15) is 131 Å². The van der Waals surface area contributed by atoms with E-state index in [1.165, 1.54) is 4.90 Å². The Morgan fingerprint density at radius 3 is 2.16 bits per heavy atom. The Labute approximate surface area is 542 Å². The number of methoxy groups -OCH3 is 5. The van der Waals surface area contributed by atoms with Gasteiger partial charge in [0, 0.05) is 26.1 Å². The third-order valence-corrected chi connectivity index (χ3v) is 18.5. The SMILES string of the molecule is COc1ccc(CCC(OC(=O)C2CCCCN2C(=O)[C@H](c2cc(OC)c(OC)c(OC)c2)C2CCCCC2)c2cccc(OCc3cn(CCOCC(=O)N[C@H](C(=O)N4C[C@H](O)C[C@H]4C(=O)NCc4ccc(-c5scnc5C)cc4)C(C)(C)C)nn3)c2)cc1OC. The van der Waals surface area contributed by atoms with E-state index in [0.29, 0.717) is 71.6 Å². The van der Waals surface area contributed by atoms with Crippen LogP contribution in [0.2, 0.25) is 0 Å². The molecule has 92 heavy (non-hydrogen) atoms. The first kappa shape index (κ1) is 68.1. The highest BCUT2D eigenvalue weighted by Crippen LogP contribution is 2.46. The predicted molar refractivity (Wildman–Crippen MR) is 345 cm³/mol. The molecule has 2 aromatic heterocycles. The molecule has 4 amide bonds. The standard InChI is InChI=1S/C69H88N8O14S/c1-43-63(92-42-71-43)47-25-21-45(22-26-47)37-70-65(80)54-36-51(78)39-77(54)67(82)64(69(2,3)4)72-60(79)41-89-31-30-75-38-50(73-74-75)40-90-52-19-15-18-48(33-52)55(27-23-44-24-28-56(84-5)57(32-44)85-6)91-68(83)53-20-13-14-29-76(53)66(81)61(46-16-11-10-12-17-46)49-34-58(86-7)62(88-9)59(35-49)87-8/h15,18-19,21-22,24-26,28,32-35,38,42,46,51,53-55,61,64,78H,10-14,16-17,20,23,27,29-31,36-37,39-41H2,1-9H3,(H,70,80)(H,72,79)/t51-,53?,54+,55?,61+,64-/m1/s1. The second-order valence-corrected chi connectivity index (χ2v) is 25.7. The van der Waals surface area contributed by atoms with E-state index in [9.17, 15) is 24.3 Å². The number of aliphatic hydroxyl groups is 1. The summed E-state index contributed by atoms with van der Waals surface area (Å²) in [5, 5.41) is 25.0. The number of aryl methyl sites for hydroxylation is 2. The van der Waals surface area contributed by atoms with Crippen LogP contribution in [0.15, 0.2) is 90.6 Å². The number of piperidine rings is 1. The molecule has 1 aliphatic carbocycles. The van der Waals surface area contributed by atoms with Crippen molar-refractivity contribution in [3.05, 3.63) is 124 Å². The van der Waals surface area contributed by atoms with Crippen molar-refractivity contribution in [3.8, 4) is 44.9 Å². The molecule has 6 atom stereocenters. The molecule has 0 radical (unpaired) electrons. The third-order valence-electron chi connectivity index (χ3n) is 17.5. The molecule has 3 aliphatic rings. The van der Waals surface area contributed by atoms with Gasteiger partial charge in [0.2, 0.25) is 29.4 Å². The molecule has 22 nitrogen and oxygen atoms in total. The first-order valence-corrected chi connectivity index (χ1v) is 32.5. The van der Waals surface area contributed by atoms with Gasteiger partial charge in [0.05, 0.1) is 83.0 Å². The molecule has 2 saturated heterocycles. The average Bonchev–Trinajstić information content (AvgIpc) is 1.53. The Balaban J connectivity index is 0.809. The van der Waals surface area contributed by atoms with E-state index in [2.05, 4.69) is 25.9 Å².